The molecule has 0 atom stereocenters. The van der Waals surface area contributed by atoms with Gasteiger partial charge in [0.15, 0.2) is 0 Å². The molecule has 0 aliphatic rings. The highest BCUT2D eigenvalue weighted by atomic mass is 14.8. The van der Waals surface area contributed by atoms with Crippen LogP contribution in [0.15, 0.2) is 23.9 Å². The van der Waals surface area contributed by atoms with Gasteiger partial charge < -0.3 is 5.32 Å². The first kappa shape index (κ1) is 10.3. The van der Waals surface area contributed by atoms with Crippen LogP contribution in [0.4, 0.5) is 0 Å². The maximum Gasteiger partial charge on any atom is 0.0178 e. The van der Waals surface area contributed by atoms with E-state index in [0.717, 1.165) is 19.4 Å². The molecule has 0 saturated heterocycles. The SMILES string of the molecule is C/C=C/NCC/C(C)=C/CC. The zero-order valence-electron chi connectivity index (χ0n) is 7.85. The number of rotatable bonds is 5. The summed E-state index contributed by atoms with van der Waals surface area (Å²) in [5.41, 5.74) is 1.48. The third kappa shape index (κ3) is 7.17. The molecule has 0 heterocycles. The van der Waals surface area contributed by atoms with E-state index >= 15 is 0 Å². The Hall–Kier alpha value is -0.720. The summed E-state index contributed by atoms with van der Waals surface area (Å²) in [4.78, 5) is 0. The normalized spacial score (nSPS) is 12.5. The fraction of sp³-hybridized carbons (Fsp3) is 0.600. The van der Waals surface area contributed by atoms with Gasteiger partial charge in [-0.05, 0) is 32.9 Å². The Labute approximate surface area is 70.2 Å². The number of nitrogens with one attached hydrogen (secondary N) is 1. The standard InChI is InChI=1S/C10H19N/c1-4-6-10(3)7-9-11-8-5-2/h5-6,8,11H,4,7,9H2,1-3H3/b8-5+,10-6+. The second kappa shape index (κ2) is 7.39. The molecule has 0 rings (SSSR count). The Bertz CT molecular complexity index is 134. The lowest BCUT2D eigenvalue weighted by Gasteiger charge is -2.00. The maximum atomic E-state index is 3.20. The van der Waals surface area contributed by atoms with Gasteiger partial charge in [-0.2, -0.15) is 0 Å². The van der Waals surface area contributed by atoms with Crippen LogP contribution in [-0.2, 0) is 0 Å². The van der Waals surface area contributed by atoms with Crippen molar-refractivity contribution in [2.24, 2.45) is 0 Å². The molecule has 0 saturated carbocycles. The molecule has 0 amide bonds. The Morgan fingerprint density at radius 3 is 2.73 bits per heavy atom. The molecular formula is C10H19N. The topological polar surface area (TPSA) is 12.0 Å². The summed E-state index contributed by atoms with van der Waals surface area (Å²) < 4.78 is 0. The van der Waals surface area contributed by atoms with E-state index in [2.05, 4.69) is 25.2 Å². The van der Waals surface area contributed by atoms with Crippen LogP contribution in [0.5, 0.6) is 0 Å². The summed E-state index contributed by atoms with van der Waals surface area (Å²) in [6.45, 7) is 7.41. The fourth-order valence-corrected chi connectivity index (χ4v) is 0.921. The maximum absolute atomic E-state index is 3.20. The van der Waals surface area contributed by atoms with Gasteiger partial charge in [-0.3, -0.25) is 0 Å². The molecule has 0 radical (unpaired) electrons. The van der Waals surface area contributed by atoms with Gasteiger partial charge in [0.2, 0.25) is 0 Å². The van der Waals surface area contributed by atoms with Gasteiger partial charge in [0.25, 0.3) is 0 Å². The molecule has 0 aliphatic carbocycles. The summed E-state index contributed by atoms with van der Waals surface area (Å²) >= 11 is 0. The lowest BCUT2D eigenvalue weighted by molar-refractivity contribution is 0.819. The Morgan fingerprint density at radius 1 is 1.45 bits per heavy atom. The molecule has 0 bridgehead atoms. The van der Waals surface area contributed by atoms with Crippen molar-refractivity contribution >= 4 is 0 Å². The molecular weight excluding hydrogens is 134 g/mol. The van der Waals surface area contributed by atoms with Crippen molar-refractivity contribution in [1.29, 1.82) is 0 Å². The molecule has 0 aromatic heterocycles. The minimum absolute atomic E-state index is 1.05. The monoisotopic (exact) mass is 153 g/mol. The highest BCUT2D eigenvalue weighted by Crippen LogP contribution is 1.99. The van der Waals surface area contributed by atoms with Crippen LogP contribution in [0.2, 0.25) is 0 Å². The van der Waals surface area contributed by atoms with Gasteiger partial charge in [0, 0.05) is 6.54 Å². The van der Waals surface area contributed by atoms with E-state index in [0.29, 0.717) is 0 Å². The van der Waals surface area contributed by atoms with E-state index in [1.165, 1.54) is 5.57 Å². The Morgan fingerprint density at radius 2 is 2.18 bits per heavy atom. The fourth-order valence-electron chi connectivity index (χ4n) is 0.921. The first-order chi connectivity index (χ1) is 5.31. The van der Waals surface area contributed by atoms with Crippen molar-refractivity contribution in [1.82, 2.24) is 5.32 Å². The quantitative estimate of drug-likeness (QED) is 0.473. The number of hydrogen-bond acceptors (Lipinski definition) is 1. The first-order valence-electron chi connectivity index (χ1n) is 4.31. The number of allylic oxidation sites excluding steroid dienone is 2. The van der Waals surface area contributed by atoms with Gasteiger partial charge >= 0.3 is 0 Å². The number of hydrogen-bond donors (Lipinski definition) is 1. The van der Waals surface area contributed by atoms with Crippen molar-refractivity contribution in [3.05, 3.63) is 23.9 Å². The zero-order valence-corrected chi connectivity index (χ0v) is 7.85. The summed E-state index contributed by atoms with van der Waals surface area (Å²) in [5.74, 6) is 0. The van der Waals surface area contributed by atoms with E-state index in [-0.39, 0.29) is 0 Å². The second-order valence-electron chi connectivity index (χ2n) is 2.66. The minimum Gasteiger partial charge on any atom is -0.391 e. The summed E-state index contributed by atoms with van der Waals surface area (Å²) in [5, 5.41) is 3.20. The molecule has 11 heavy (non-hydrogen) atoms. The van der Waals surface area contributed by atoms with Crippen LogP contribution in [0.3, 0.4) is 0 Å². The van der Waals surface area contributed by atoms with Crippen molar-refractivity contribution in [2.45, 2.75) is 33.6 Å². The Kier molecular flexibility index (Phi) is 6.90. The van der Waals surface area contributed by atoms with Crippen LogP contribution >= 0.6 is 0 Å². The van der Waals surface area contributed by atoms with Crippen molar-refractivity contribution in [3.63, 3.8) is 0 Å². The predicted molar refractivity (Wildman–Crippen MR) is 51.5 cm³/mol. The molecule has 0 aromatic carbocycles. The molecule has 0 unspecified atom stereocenters. The lowest BCUT2D eigenvalue weighted by Crippen LogP contribution is -2.06. The van der Waals surface area contributed by atoms with Gasteiger partial charge in [0.1, 0.15) is 0 Å². The van der Waals surface area contributed by atoms with Gasteiger partial charge in [-0.1, -0.05) is 24.6 Å². The summed E-state index contributed by atoms with van der Waals surface area (Å²) in [6, 6.07) is 0. The van der Waals surface area contributed by atoms with E-state index in [4.69, 9.17) is 0 Å². The molecule has 0 aliphatic heterocycles. The summed E-state index contributed by atoms with van der Waals surface area (Å²) in [6.07, 6.45) is 8.57. The van der Waals surface area contributed by atoms with E-state index in [1.54, 1.807) is 0 Å². The lowest BCUT2D eigenvalue weighted by atomic mass is 10.2. The average molecular weight is 153 g/mol. The molecule has 0 spiro atoms. The third-order valence-corrected chi connectivity index (χ3v) is 1.50. The van der Waals surface area contributed by atoms with Crippen LogP contribution in [0, 0.1) is 0 Å². The van der Waals surface area contributed by atoms with Crippen molar-refractivity contribution in [3.8, 4) is 0 Å². The average Bonchev–Trinajstić information content (AvgIpc) is 1.99. The molecule has 1 heteroatoms. The van der Waals surface area contributed by atoms with Crippen LogP contribution < -0.4 is 5.32 Å². The van der Waals surface area contributed by atoms with Gasteiger partial charge in [0.05, 0.1) is 0 Å². The van der Waals surface area contributed by atoms with E-state index in [9.17, 15) is 0 Å². The Balaban J connectivity index is 3.31. The van der Waals surface area contributed by atoms with Gasteiger partial charge in [-0.15, -0.1) is 0 Å². The molecule has 0 fully saturated rings. The summed E-state index contributed by atoms with van der Waals surface area (Å²) in [7, 11) is 0. The van der Waals surface area contributed by atoms with Gasteiger partial charge in [-0.25, -0.2) is 0 Å². The molecule has 1 N–H and O–H groups in total. The third-order valence-electron chi connectivity index (χ3n) is 1.50. The van der Waals surface area contributed by atoms with Crippen molar-refractivity contribution < 1.29 is 0 Å². The highest BCUT2D eigenvalue weighted by Gasteiger charge is 1.85. The molecule has 1 nitrogen and oxygen atoms in total. The van der Waals surface area contributed by atoms with Crippen LogP contribution in [0.1, 0.15) is 33.6 Å². The molecule has 64 valence electrons. The van der Waals surface area contributed by atoms with Crippen molar-refractivity contribution in [2.75, 3.05) is 6.54 Å². The van der Waals surface area contributed by atoms with E-state index < -0.39 is 0 Å². The minimum atomic E-state index is 1.05. The van der Waals surface area contributed by atoms with E-state index in [1.807, 2.05) is 19.2 Å². The van der Waals surface area contributed by atoms with Crippen LogP contribution in [-0.4, -0.2) is 6.54 Å². The zero-order chi connectivity index (χ0) is 8.53. The first-order valence-corrected chi connectivity index (χ1v) is 4.31. The molecule has 0 aromatic rings. The predicted octanol–water partition coefficient (Wildman–Crippen LogP) is 2.86. The van der Waals surface area contributed by atoms with Crippen LogP contribution in [0.25, 0.3) is 0 Å². The smallest absolute Gasteiger partial charge is 0.0178 e. The largest absolute Gasteiger partial charge is 0.391 e. The highest BCUT2D eigenvalue weighted by molar-refractivity contribution is 4.97. The second-order valence-corrected chi connectivity index (χ2v) is 2.66.